The van der Waals surface area contributed by atoms with Crippen molar-refractivity contribution in [2.24, 2.45) is 0 Å². The Morgan fingerprint density at radius 2 is 0.929 bits per heavy atom. The van der Waals surface area contributed by atoms with E-state index in [0.29, 0.717) is 15.9 Å². The minimum Gasteiger partial charge on any atom is 0 e. The van der Waals surface area contributed by atoms with Gasteiger partial charge in [-0.1, -0.05) is 0 Å². The first kappa shape index (κ1) is 22.8. The molecule has 0 aliphatic carbocycles. The molecule has 3 rings (SSSR count). The number of benzene rings is 3. The molecule has 3 aromatic carbocycles. The zero-order chi connectivity index (χ0) is 19.5. The quantitative estimate of drug-likeness (QED) is 0.294. The van der Waals surface area contributed by atoms with E-state index < -0.39 is 23.1 Å². The van der Waals surface area contributed by atoms with Gasteiger partial charge in [0.25, 0.3) is 0 Å². The van der Waals surface area contributed by atoms with Crippen LogP contribution >= 0.6 is 7.49 Å². The van der Waals surface area contributed by atoms with Crippen molar-refractivity contribution in [3.05, 3.63) is 91.0 Å². The first-order valence-electron chi connectivity index (χ1n) is 7.96. The fourth-order valence-corrected chi connectivity index (χ4v) is 8.71. The van der Waals surface area contributed by atoms with Gasteiger partial charge in [-0.25, -0.2) is 0 Å². The predicted molar refractivity (Wildman–Crippen MR) is 103 cm³/mol. The third-order valence-corrected chi connectivity index (χ3v) is 9.94. The van der Waals surface area contributed by atoms with E-state index in [9.17, 15) is 21.6 Å². The van der Waals surface area contributed by atoms with E-state index in [2.05, 4.69) is 0 Å². The monoisotopic (exact) mass is 519 g/mol. The number of hydrogen-bond acceptors (Lipinski definition) is 3. The van der Waals surface area contributed by atoms with Crippen LogP contribution in [0.5, 0.6) is 0 Å². The zero-order valence-electron chi connectivity index (χ0n) is 14.2. The van der Waals surface area contributed by atoms with Crippen LogP contribution in [0.15, 0.2) is 91.0 Å². The van der Waals surface area contributed by atoms with Crippen LogP contribution in [0.1, 0.15) is 0 Å². The van der Waals surface area contributed by atoms with E-state index in [0.717, 1.165) is 0 Å². The van der Waals surface area contributed by atoms with Gasteiger partial charge in [0.1, 0.15) is 0 Å². The van der Waals surface area contributed by atoms with Crippen molar-refractivity contribution in [1.29, 1.82) is 0 Å². The predicted octanol–water partition coefficient (Wildman–Crippen LogP) is 3.49. The van der Waals surface area contributed by atoms with Crippen LogP contribution in [-0.2, 0) is 36.5 Å². The van der Waals surface area contributed by atoms with Crippen molar-refractivity contribution in [3.8, 4) is 0 Å². The fraction of sp³-hybridized carbons (Fsp3) is 0.0526. The van der Waals surface area contributed by atoms with E-state index in [1.165, 1.54) is 0 Å². The Morgan fingerprint density at radius 1 is 0.643 bits per heavy atom. The van der Waals surface area contributed by atoms with Gasteiger partial charge >= 0.3 is 156 Å². The van der Waals surface area contributed by atoms with E-state index in [4.69, 9.17) is 3.97 Å². The summed E-state index contributed by atoms with van der Waals surface area (Å²) in [6.07, 6.45) is 0. The summed E-state index contributed by atoms with van der Waals surface area (Å²) >= 11 is 0. The second-order valence-electron chi connectivity index (χ2n) is 5.76. The van der Waals surface area contributed by atoms with Gasteiger partial charge in [0.15, 0.2) is 0 Å². The molecule has 0 saturated carbocycles. The molecule has 0 unspecified atom stereocenters. The number of rotatable bonds is 5. The molecule has 0 bridgehead atoms. The maximum absolute atomic E-state index is 13.2. The Bertz CT molecular complexity index is 902. The molecule has 0 fully saturated rings. The van der Waals surface area contributed by atoms with Crippen molar-refractivity contribution in [1.82, 2.24) is 0 Å². The molecule has 0 spiro atoms. The third-order valence-electron chi connectivity index (χ3n) is 4.06. The van der Waals surface area contributed by atoms with Gasteiger partial charge in [-0.2, -0.15) is 0 Å². The van der Waals surface area contributed by atoms with Crippen LogP contribution in [0.4, 0.5) is 13.2 Å². The van der Waals surface area contributed by atoms with Crippen LogP contribution in [0.3, 0.4) is 0 Å². The molecular formula is C19H16AgF3O3PS. The van der Waals surface area contributed by atoms with Crippen molar-refractivity contribution in [2.45, 2.75) is 5.51 Å². The Kier molecular flexibility index (Phi) is 7.26. The van der Waals surface area contributed by atoms with Gasteiger partial charge < -0.3 is 0 Å². The number of hydrogen-bond donors (Lipinski definition) is 0. The van der Waals surface area contributed by atoms with E-state index in [-0.39, 0.29) is 22.4 Å². The molecule has 28 heavy (non-hydrogen) atoms. The normalized spacial score (nSPS) is 12.8. The molecule has 3 nitrogen and oxygen atoms in total. The third kappa shape index (κ3) is 4.40. The van der Waals surface area contributed by atoms with Crippen LogP contribution in [0.25, 0.3) is 0 Å². The summed E-state index contributed by atoms with van der Waals surface area (Å²) in [5.74, 6) is 0. The number of alkyl halides is 3. The molecule has 1 radical (unpaired) electrons. The average molecular weight is 520 g/mol. The first-order valence-corrected chi connectivity index (χ1v) is 11.3. The summed E-state index contributed by atoms with van der Waals surface area (Å²) in [5.41, 5.74) is -5.52. The maximum atomic E-state index is 13.2. The van der Waals surface area contributed by atoms with Gasteiger partial charge in [0, 0.05) is 22.4 Å². The number of halogens is 3. The largest absolute Gasteiger partial charge is 0 e. The topological polar surface area (TPSA) is 43.4 Å². The van der Waals surface area contributed by atoms with Crippen molar-refractivity contribution < 1.29 is 47.9 Å². The SMILES string of the molecule is O=S(=O)(O[PH](c1ccccc1)(c1ccccc1)c1ccccc1)C(F)(F)F.[Ag]. The van der Waals surface area contributed by atoms with Gasteiger partial charge in [0.05, 0.1) is 0 Å². The second-order valence-corrected chi connectivity index (χ2v) is 10.9. The Labute approximate surface area is 177 Å². The maximum Gasteiger partial charge on any atom is 0 e. The molecular weight excluding hydrogens is 504 g/mol. The summed E-state index contributed by atoms with van der Waals surface area (Å²) < 4.78 is 68.9. The van der Waals surface area contributed by atoms with Gasteiger partial charge in [0.2, 0.25) is 0 Å². The first-order chi connectivity index (χ1) is 12.8. The molecule has 153 valence electrons. The molecule has 0 atom stereocenters. The standard InChI is InChI=1S/C19H16F3O3PS.Ag/c20-19(21,22)27(23,24)25-26(16-10-4-1-5-11-16,17-12-6-2-7-13-17)18-14-8-3-9-15-18;/h1-15,26H;. The summed E-state index contributed by atoms with van der Waals surface area (Å²) in [7, 11) is -9.82. The fourth-order valence-electron chi connectivity index (χ4n) is 2.87. The summed E-state index contributed by atoms with van der Waals surface area (Å²) in [5, 5.41) is 1.20. The second kappa shape index (κ2) is 8.91. The van der Waals surface area contributed by atoms with E-state index in [1.54, 1.807) is 91.0 Å². The smallest absolute Gasteiger partial charge is 0 e. The van der Waals surface area contributed by atoms with Crippen LogP contribution in [0, 0.1) is 0 Å². The molecule has 9 heteroatoms. The summed E-state index contributed by atoms with van der Waals surface area (Å²) in [6, 6.07) is 24.6. The van der Waals surface area contributed by atoms with Crippen LogP contribution < -0.4 is 15.9 Å². The van der Waals surface area contributed by atoms with E-state index in [1.807, 2.05) is 0 Å². The minimum atomic E-state index is -5.84. The summed E-state index contributed by atoms with van der Waals surface area (Å²) in [6.45, 7) is 0. The van der Waals surface area contributed by atoms with Gasteiger partial charge in [-0.3, -0.25) is 0 Å². The molecule has 0 aliphatic heterocycles. The Hall–Kier alpha value is -1.47. The van der Waals surface area contributed by atoms with Crippen molar-refractivity contribution >= 4 is 33.5 Å². The van der Waals surface area contributed by atoms with E-state index >= 15 is 0 Å². The van der Waals surface area contributed by atoms with Crippen molar-refractivity contribution in [3.63, 3.8) is 0 Å². The van der Waals surface area contributed by atoms with Crippen LogP contribution in [-0.4, -0.2) is 13.9 Å². The zero-order valence-corrected chi connectivity index (χ0v) is 17.5. The van der Waals surface area contributed by atoms with Crippen LogP contribution in [0.2, 0.25) is 0 Å². The minimum absolute atomic E-state index is 0. The Balaban J connectivity index is 0.00000280. The Morgan fingerprint density at radius 3 is 1.18 bits per heavy atom. The van der Waals surface area contributed by atoms with Gasteiger partial charge in [-0.15, -0.1) is 0 Å². The van der Waals surface area contributed by atoms with Crippen molar-refractivity contribution in [2.75, 3.05) is 0 Å². The molecule has 3 aromatic rings. The molecule has 0 amide bonds. The molecule has 0 aromatic heterocycles. The molecule has 0 heterocycles. The average Bonchev–Trinajstić information content (AvgIpc) is 2.67. The van der Waals surface area contributed by atoms with Gasteiger partial charge in [-0.05, 0) is 0 Å². The molecule has 0 aliphatic rings. The molecule has 0 saturated heterocycles. The summed E-state index contributed by atoms with van der Waals surface area (Å²) in [4.78, 5) is 0. The molecule has 0 N–H and O–H groups in total.